The number of morpholine rings is 1. The number of aliphatic hydroxyl groups excluding tert-OH is 1. The van der Waals surface area contributed by atoms with Gasteiger partial charge in [0.2, 0.25) is 0 Å². The van der Waals surface area contributed by atoms with Crippen LogP contribution in [0.4, 0.5) is 5.82 Å². The highest BCUT2D eigenvalue weighted by molar-refractivity contribution is 5.95. The van der Waals surface area contributed by atoms with Gasteiger partial charge in [-0.3, -0.25) is 9.78 Å². The van der Waals surface area contributed by atoms with Crippen molar-refractivity contribution < 1.29 is 14.6 Å². The molecular weight excluding hydrogens is 308 g/mol. The van der Waals surface area contributed by atoms with Gasteiger partial charge >= 0.3 is 0 Å². The van der Waals surface area contributed by atoms with Crippen molar-refractivity contribution in [2.45, 2.75) is 0 Å². The van der Waals surface area contributed by atoms with Crippen LogP contribution in [-0.2, 0) is 4.74 Å². The van der Waals surface area contributed by atoms with E-state index in [2.05, 4.69) is 20.2 Å². The zero-order valence-corrected chi connectivity index (χ0v) is 13.3. The molecule has 0 saturated carbocycles. The highest BCUT2D eigenvalue weighted by Gasteiger charge is 2.13. The Balaban J connectivity index is 1.75. The Morgan fingerprint density at radius 3 is 2.79 bits per heavy atom. The van der Waals surface area contributed by atoms with E-state index >= 15 is 0 Å². The van der Waals surface area contributed by atoms with Crippen LogP contribution in [0.15, 0.2) is 36.7 Å². The zero-order valence-electron chi connectivity index (χ0n) is 13.3. The molecule has 7 nitrogen and oxygen atoms in total. The van der Waals surface area contributed by atoms with Gasteiger partial charge in [-0.25, -0.2) is 4.98 Å². The molecule has 1 aliphatic rings. The lowest BCUT2D eigenvalue weighted by molar-refractivity contribution is 0.0944. The molecule has 0 spiro atoms. The van der Waals surface area contributed by atoms with Gasteiger partial charge in [-0.15, -0.1) is 0 Å². The molecule has 1 aliphatic heterocycles. The number of hydrogen-bond donors (Lipinski definition) is 2. The first-order valence-electron chi connectivity index (χ1n) is 7.92. The average Bonchev–Trinajstić information content (AvgIpc) is 2.67. The summed E-state index contributed by atoms with van der Waals surface area (Å²) < 4.78 is 5.34. The first-order valence-corrected chi connectivity index (χ1v) is 7.92. The van der Waals surface area contributed by atoms with Crippen molar-refractivity contribution in [3.63, 3.8) is 0 Å². The third-order valence-corrected chi connectivity index (χ3v) is 3.80. The van der Waals surface area contributed by atoms with Gasteiger partial charge in [0.25, 0.3) is 5.91 Å². The first kappa shape index (κ1) is 16.4. The molecule has 1 fully saturated rings. The molecule has 2 N–H and O–H groups in total. The third kappa shape index (κ3) is 3.87. The van der Waals surface area contributed by atoms with Crippen LogP contribution in [0.5, 0.6) is 0 Å². The summed E-state index contributed by atoms with van der Waals surface area (Å²) in [7, 11) is 0. The molecule has 3 heterocycles. The Labute approximate surface area is 140 Å². The van der Waals surface area contributed by atoms with E-state index in [1.807, 2.05) is 12.1 Å². The van der Waals surface area contributed by atoms with Crippen LogP contribution in [0, 0.1) is 0 Å². The third-order valence-electron chi connectivity index (χ3n) is 3.80. The summed E-state index contributed by atoms with van der Waals surface area (Å²) in [5, 5.41) is 11.4. The van der Waals surface area contributed by atoms with Crippen molar-refractivity contribution in [1.29, 1.82) is 0 Å². The second-order valence-electron chi connectivity index (χ2n) is 5.41. The van der Waals surface area contributed by atoms with Crippen LogP contribution in [0.25, 0.3) is 11.3 Å². The van der Waals surface area contributed by atoms with Gasteiger partial charge in [0, 0.05) is 43.2 Å². The maximum atomic E-state index is 12.0. The van der Waals surface area contributed by atoms with Crippen LogP contribution in [-0.4, -0.2) is 60.4 Å². The second-order valence-corrected chi connectivity index (χ2v) is 5.41. The van der Waals surface area contributed by atoms with Crippen LogP contribution >= 0.6 is 0 Å². The minimum absolute atomic E-state index is 0.0867. The Hall–Kier alpha value is -2.51. The monoisotopic (exact) mass is 328 g/mol. The van der Waals surface area contributed by atoms with Crippen molar-refractivity contribution >= 4 is 11.7 Å². The van der Waals surface area contributed by atoms with Crippen molar-refractivity contribution in [1.82, 2.24) is 15.3 Å². The van der Waals surface area contributed by atoms with Crippen molar-refractivity contribution in [2.24, 2.45) is 0 Å². The predicted molar refractivity (Wildman–Crippen MR) is 89.9 cm³/mol. The summed E-state index contributed by atoms with van der Waals surface area (Å²) in [6.45, 7) is 3.26. The zero-order chi connectivity index (χ0) is 16.8. The number of aromatic nitrogens is 2. The second kappa shape index (κ2) is 7.85. The minimum Gasteiger partial charge on any atom is -0.395 e. The van der Waals surface area contributed by atoms with Crippen molar-refractivity contribution in [2.75, 3.05) is 44.4 Å². The molecule has 0 unspecified atom stereocenters. The summed E-state index contributed by atoms with van der Waals surface area (Å²) in [4.78, 5) is 23.0. The number of nitrogens with zero attached hydrogens (tertiary/aromatic N) is 3. The number of amides is 1. The van der Waals surface area contributed by atoms with Gasteiger partial charge in [-0.2, -0.15) is 0 Å². The molecule has 2 aromatic rings. The molecule has 0 aromatic carbocycles. The molecule has 7 heteroatoms. The Bertz CT molecular complexity index is 684. The quantitative estimate of drug-likeness (QED) is 0.840. The Morgan fingerprint density at radius 1 is 1.25 bits per heavy atom. The fraction of sp³-hybridized carbons (Fsp3) is 0.353. The molecule has 3 rings (SSSR count). The largest absolute Gasteiger partial charge is 0.395 e. The molecule has 2 aromatic heterocycles. The number of ether oxygens (including phenoxy) is 1. The lowest BCUT2D eigenvalue weighted by atomic mass is 10.1. The number of pyridine rings is 2. The van der Waals surface area contributed by atoms with E-state index in [9.17, 15) is 4.79 Å². The number of carbonyl (C=O) groups excluding carboxylic acids is 1. The van der Waals surface area contributed by atoms with Gasteiger partial charge in [0.1, 0.15) is 5.82 Å². The molecule has 24 heavy (non-hydrogen) atoms. The highest BCUT2D eigenvalue weighted by Crippen LogP contribution is 2.20. The van der Waals surface area contributed by atoms with Crippen LogP contribution < -0.4 is 10.2 Å². The SMILES string of the molecule is O=C(NCCO)c1ccnc(-c2ccc(N3CCOCC3)nc2)c1. The topological polar surface area (TPSA) is 87.6 Å². The summed E-state index contributed by atoms with van der Waals surface area (Å²) >= 11 is 0. The van der Waals surface area contributed by atoms with Crippen LogP contribution in [0.1, 0.15) is 10.4 Å². The van der Waals surface area contributed by atoms with Gasteiger partial charge in [-0.05, 0) is 24.3 Å². The summed E-state index contributed by atoms with van der Waals surface area (Å²) in [6, 6.07) is 7.28. The van der Waals surface area contributed by atoms with Crippen LogP contribution in [0.2, 0.25) is 0 Å². The number of anilines is 1. The fourth-order valence-electron chi connectivity index (χ4n) is 2.52. The van der Waals surface area contributed by atoms with E-state index in [1.165, 1.54) is 0 Å². The van der Waals surface area contributed by atoms with Gasteiger partial charge in [0.05, 0.1) is 25.5 Å². The maximum absolute atomic E-state index is 12.0. The molecule has 0 bridgehead atoms. The number of aliphatic hydroxyl groups is 1. The molecule has 0 aliphatic carbocycles. The predicted octanol–water partition coefficient (Wildman–Crippen LogP) is 0.702. The lowest BCUT2D eigenvalue weighted by Crippen LogP contribution is -2.36. The molecule has 1 saturated heterocycles. The van der Waals surface area contributed by atoms with Gasteiger partial charge in [-0.1, -0.05) is 0 Å². The molecule has 0 atom stereocenters. The number of rotatable bonds is 5. The van der Waals surface area contributed by atoms with E-state index in [0.717, 1.165) is 37.7 Å². The van der Waals surface area contributed by atoms with E-state index in [-0.39, 0.29) is 19.1 Å². The Morgan fingerprint density at radius 2 is 2.08 bits per heavy atom. The normalized spacial score (nSPS) is 14.5. The standard InChI is InChI=1S/C17H20N4O3/c22-8-5-19-17(23)13-3-4-18-15(11-13)14-1-2-16(20-12-14)21-6-9-24-10-7-21/h1-4,11-12,22H,5-10H2,(H,19,23). The summed E-state index contributed by atoms with van der Waals surface area (Å²) in [5.74, 6) is 0.685. The van der Waals surface area contributed by atoms with E-state index in [0.29, 0.717) is 11.3 Å². The number of carbonyl (C=O) groups is 1. The molecule has 126 valence electrons. The molecule has 0 radical (unpaired) electrons. The van der Waals surface area contributed by atoms with E-state index in [1.54, 1.807) is 24.5 Å². The maximum Gasteiger partial charge on any atom is 0.251 e. The van der Waals surface area contributed by atoms with Crippen molar-refractivity contribution in [3.8, 4) is 11.3 Å². The Kier molecular flexibility index (Phi) is 5.35. The average molecular weight is 328 g/mol. The smallest absolute Gasteiger partial charge is 0.251 e. The van der Waals surface area contributed by atoms with E-state index in [4.69, 9.17) is 9.84 Å². The fourth-order valence-corrected chi connectivity index (χ4v) is 2.52. The van der Waals surface area contributed by atoms with Gasteiger partial charge < -0.3 is 20.1 Å². The van der Waals surface area contributed by atoms with Crippen LogP contribution in [0.3, 0.4) is 0 Å². The lowest BCUT2D eigenvalue weighted by Gasteiger charge is -2.27. The van der Waals surface area contributed by atoms with Gasteiger partial charge in [0.15, 0.2) is 0 Å². The molecular formula is C17H20N4O3. The summed E-state index contributed by atoms with van der Waals surface area (Å²) in [6.07, 6.45) is 3.36. The first-order chi connectivity index (χ1) is 11.8. The number of hydrogen-bond acceptors (Lipinski definition) is 6. The summed E-state index contributed by atoms with van der Waals surface area (Å²) in [5.41, 5.74) is 2.04. The molecule has 1 amide bonds. The van der Waals surface area contributed by atoms with Crippen molar-refractivity contribution in [3.05, 3.63) is 42.2 Å². The number of nitrogens with one attached hydrogen (secondary N) is 1. The minimum atomic E-state index is -0.231. The van der Waals surface area contributed by atoms with E-state index < -0.39 is 0 Å². The highest BCUT2D eigenvalue weighted by atomic mass is 16.5.